The van der Waals surface area contributed by atoms with Crippen molar-refractivity contribution in [3.8, 4) is 0 Å². The van der Waals surface area contributed by atoms with Crippen LogP contribution in [0.2, 0.25) is 0 Å². The van der Waals surface area contributed by atoms with Gasteiger partial charge in [-0.1, -0.05) is 26.0 Å². The number of hydrogen-bond donors (Lipinski definition) is 0. The Morgan fingerprint density at radius 2 is 2.07 bits per heavy atom. The van der Waals surface area contributed by atoms with Crippen molar-refractivity contribution >= 4 is 18.1 Å². The number of benzene rings is 1. The van der Waals surface area contributed by atoms with Crippen molar-refractivity contribution in [2.24, 2.45) is 15.9 Å². The minimum atomic E-state index is -0.357. The number of halogens is 1. The fraction of sp³-hybridized carbons (Fsp3) is 0.333. The summed E-state index contributed by atoms with van der Waals surface area (Å²) in [5, 5.41) is 0. The van der Waals surface area contributed by atoms with Crippen LogP contribution < -0.4 is 0 Å². The van der Waals surface area contributed by atoms with Gasteiger partial charge in [0.2, 0.25) is 0 Å². The van der Waals surface area contributed by atoms with Crippen LogP contribution in [-0.4, -0.2) is 19.5 Å². The molecule has 0 saturated heterocycles. The number of aliphatic imine (C=N–C) groups is 2. The van der Waals surface area contributed by atoms with Crippen LogP contribution >= 0.6 is 0 Å². The van der Waals surface area contributed by atoms with Gasteiger partial charge in [-0.3, -0.25) is 9.98 Å². The molecule has 0 fully saturated rings. The zero-order valence-corrected chi connectivity index (χ0v) is 9.29. The lowest BCUT2D eigenvalue weighted by Gasteiger charge is -2.12. The van der Waals surface area contributed by atoms with E-state index in [0.29, 0.717) is 0 Å². The van der Waals surface area contributed by atoms with Gasteiger partial charge in [-0.2, -0.15) is 0 Å². The Labute approximate surface area is 89.6 Å². The molecule has 0 N–H and O–H groups in total. The van der Waals surface area contributed by atoms with Crippen molar-refractivity contribution in [1.82, 2.24) is 0 Å². The van der Waals surface area contributed by atoms with Crippen molar-refractivity contribution in [2.45, 2.75) is 13.8 Å². The Bertz CT molecular complexity index is 395. The molecule has 0 atom stereocenters. The van der Waals surface area contributed by atoms with Gasteiger partial charge >= 0.3 is 0 Å². The molecule has 0 bridgehead atoms. The molecule has 0 heterocycles. The molecule has 1 rings (SSSR count). The lowest BCUT2D eigenvalue weighted by atomic mass is 9.98. The van der Waals surface area contributed by atoms with Crippen LogP contribution in [0.25, 0.3) is 0 Å². The number of rotatable bonds is 3. The van der Waals surface area contributed by atoms with Gasteiger partial charge in [-0.15, -0.1) is 0 Å². The average Bonchev–Trinajstić information content (AvgIpc) is 2.18. The molecule has 1 aromatic rings. The molecule has 0 unspecified atom stereocenters. The summed E-state index contributed by atoms with van der Waals surface area (Å²) in [6.45, 7) is 7.41. The first kappa shape index (κ1) is 11.6. The number of para-hydroxylation sites is 1. The summed E-state index contributed by atoms with van der Waals surface area (Å²) >= 11 is 0. The maximum Gasteiger partial charge on any atom is 0.149 e. The molecule has 0 spiro atoms. The average molecular weight is 206 g/mol. The maximum atomic E-state index is 13.4. The molecule has 0 aromatic heterocycles. The highest BCUT2D eigenvalue weighted by molar-refractivity contribution is 6.05. The molecule has 0 aliphatic heterocycles. The quantitative estimate of drug-likeness (QED) is 0.678. The standard InChI is InChI=1S/C12H15FN2/c1-8(2)11(14-3)9-6-5-7-10(13)12(9)15-4/h5-8H,4H2,1-3H3/b14-11-. The summed E-state index contributed by atoms with van der Waals surface area (Å²) < 4.78 is 13.4. The summed E-state index contributed by atoms with van der Waals surface area (Å²) in [6, 6.07) is 4.85. The second-order valence-corrected chi connectivity index (χ2v) is 3.56. The smallest absolute Gasteiger partial charge is 0.149 e. The lowest BCUT2D eigenvalue weighted by molar-refractivity contribution is 0.629. The Hall–Kier alpha value is -1.51. The molecule has 3 heteroatoms. The van der Waals surface area contributed by atoms with Gasteiger partial charge in [0.1, 0.15) is 11.5 Å². The molecule has 80 valence electrons. The molecule has 0 aliphatic carbocycles. The third-order valence-electron chi connectivity index (χ3n) is 2.21. The normalized spacial score (nSPS) is 11.9. The van der Waals surface area contributed by atoms with Crippen molar-refractivity contribution in [2.75, 3.05) is 7.05 Å². The van der Waals surface area contributed by atoms with Gasteiger partial charge < -0.3 is 0 Å². The third kappa shape index (κ3) is 2.29. The summed E-state index contributed by atoms with van der Waals surface area (Å²) in [4.78, 5) is 7.89. The molecule has 0 amide bonds. The van der Waals surface area contributed by atoms with E-state index in [1.54, 1.807) is 13.1 Å². The second kappa shape index (κ2) is 4.82. The van der Waals surface area contributed by atoms with Crippen molar-refractivity contribution in [3.63, 3.8) is 0 Å². The van der Waals surface area contributed by atoms with Crippen molar-refractivity contribution in [1.29, 1.82) is 0 Å². The van der Waals surface area contributed by atoms with E-state index in [1.807, 2.05) is 19.9 Å². The minimum absolute atomic E-state index is 0.234. The Morgan fingerprint density at radius 3 is 2.53 bits per heavy atom. The first-order valence-electron chi connectivity index (χ1n) is 4.84. The van der Waals surface area contributed by atoms with Gasteiger partial charge in [-0.05, 0) is 18.7 Å². The monoisotopic (exact) mass is 206 g/mol. The van der Waals surface area contributed by atoms with Crippen molar-refractivity contribution in [3.05, 3.63) is 29.6 Å². The van der Waals surface area contributed by atoms with E-state index >= 15 is 0 Å². The zero-order valence-electron chi connectivity index (χ0n) is 9.29. The van der Waals surface area contributed by atoms with E-state index in [9.17, 15) is 4.39 Å². The Kier molecular flexibility index (Phi) is 3.72. The lowest BCUT2D eigenvalue weighted by Crippen LogP contribution is -2.10. The van der Waals surface area contributed by atoms with E-state index in [4.69, 9.17) is 0 Å². The summed E-state index contributed by atoms with van der Waals surface area (Å²) in [5.41, 5.74) is 1.85. The molecule has 1 aromatic carbocycles. The Balaban J connectivity index is 3.36. The topological polar surface area (TPSA) is 24.7 Å². The van der Waals surface area contributed by atoms with Gasteiger partial charge in [-0.25, -0.2) is 4.39 Å². The number of nitrogens with zero attached hydrogens (tertiary/aromatic N) is 2. The highest BCUT2D eigenvalue weighted by atomic mass is 19.1. The summed E-state index contributed by atoms with van der Waals surface area (Å²) in [7, 11) is 1.70. The summed E-state index contributed by atoms with van der Waals surface area (Å²) in [5.74, 6) is -0.124. The molecular formula is C12H15FN2. The van der Waals surface area contributed by atoms with Crippen molar-refractivity contribution < 1.29 is 4.39 Å². The molecule has 2 nitrogen and oxygen atoms in total. The largest absolute Gasteiger partial charge is 0.292 e. The van der Waals surface area contributed by atoms with Gasteiger partial charge in [0.05, 0.1) is 0 Å². The molecule has 15 heavy (non-hydrogen) atoms. The fourth-order valence-corrected chi connectivity index (χ4v) is 1.57. The van der Waals surface area contributed by atoms with E-state index in [1.165, 1.54) is 6.07 Å². The Morgan fingerprint density at radius 1 is 1.40 bits per heavy atom. The zero-order chi connectivity index (χ0) is 11.4. The van der Waals surface area contributed by atoms with Crippen LogP contribution in [-0.2, 0) is 0 Å². The highest BCUT2D eigenvalue weighted by Gasteiger charge is 2.14. The molecule has 0 saturated carbocycles. The second-order valence-electron chi connectivity index (χ2n) is 3.56. The fourth-order valence-electron chi connectivity index (χ4n) is 1.57. The van der Waals surface area contributed by atoms with Crippen LogP contribution in [0.15, 0.2) is 28.2 Å². The van der Waals surface area contributed by atoms with Gasteiger partial charge in [0.25, 0.3) is 0 Å². The SMILES string of the molecule is C=Nc1c(F)cccc1/C(=N\C)C(C)C. The van der Waals surface area contributed by atoms with E-state index in [2.05, 4.69) is 16.7 Å². The predicted octanol–water partition coefficient (Wildman–Crippen LogP) is 3.23. The maximum absolute atomic E-state index is 13.4. The van der Waals surface area contributed by atoms with E-state index in [0.717, 1.165) is 11.3 Å². The third-order valence-corrected chi connectivity index (χ3v) is 2.21. The number of hydrogen-bond acceptors (Lipinski definition) is 2. The van der Waals surface area contributed by atoms with Crippen LogP contribution in [0.5, 0.6) is 0 Å². The van der Waals surface area contributed by atoms with Crippen LogP contribution in [0.1, 0.15) is 19.4 Å². The predicted molar refractivity (Wildman–Crippen MR) is 62.9 cm³/mol. The first-order chi connectivity index (χ1) is 7.11. The molecular weight excluding hydrogens is 191 g/mol. The molecule has 0 aliphatic rings. The van der Waals surface area contributed by atoms with Gasteiger partial charge in [0, 0.05) is 18.3 Å². The van der Waals surface area contributed by atoms with Crippen LogP contribution in [0, 0.1) is 11.7 Å². The minimum Gasteiger partial charge on any atom is -0.292 e. The van der Waals surface area contributed by atoms with E-state index in [-0.39, 0.29) is 17.4 Å². The summed E-state index contributed by atoms with van der Waals surface area (Å²) in [6.07, 6.45) is 0. The van der Waals surface area contributed by atoms with Crippen LogP contribution in [0.4, 0.5) is 10.1 Å². The highest BCUT2D eigenvalue weighted by Crippen LogP contribution is 2.25. The van der Waals surface area contributed by atoms with Gasteiger partial charge in [0.15, 0.2) is 0 Å². The van der Waals surface area contributed by atoms with Crippen LogP contribution in [0.3, 0.4) is 0 Å². The van der Waals surface area contributed by atoms with E-state index < -0.39 is 0 Å². The first-order valence-corrected chi connectivity index (χ1v) is 4.84. The molecule has 0 radical (unpaired) electrons.